The molecule has 1 aromatic carbocycles. The fourth-order valence-electron chi connectivity index (χ4n) is 2.18. The Bertz CT molecular complexity index is 642. The van der Waals surface area contributed by atoms with Crippen molar-refractivity contribution in [2.24, 2.45) is 0 Å². The Balaban J connectivity index is 2.23. The predicted molar refractivity (Wildman–Crippen MR) is 98.6 cm³/mol. The van der Waals surface area contributed by atoms with Gasteiger partial charge in [0.15, 0.2) is 4.34 Å². The molecule has 1 amide bonds. The van der Waals surface area contributed by atoms with Crippen LogP contribution in [0, 0.1) is 0 Å². The minimum Gasteiger partial charge on any atom is -0.466 e. The Hall–Kier alpha value is -1.60. The number of hydrogen-bond donors (Lipinski definition) is 0. The van der Waals surface area contributed by atoms with Crippen molar-refractivity contribution in [1.82, 2.24) is 15.1 Å². The van der Waals surface area contributed by atoms with E-state index in [1.807, 2.05) is 62.9 Å². The second kappa shape index (κ2) is 9.03. The number of ether oxygens (including phenoxy) is 1. The molecular weight excluding hydrogens is 342 g/mol. The monoisotopic (exact) mass is 365 g/mol. The third-order valence-corrected chi connectivity index (χ3v) is 5.49. The molecule has 0 saturated carbocycles. The lowest BCUT2D eigenvalue weighted by Gasteiger charge is -2.24. The maximum Gasteiger partial charge on any atom is 0.295 e. The molecule has 2 rings (SSSR count). The Morgan fingerprint density at radius 3 is 2.46 bits per heavy atom. The van der Waals surface area contributed by atoms with Crippen LogP contribution in [0.25, 0.3) is 0 Å². The van der Waals surface area contributed by atoms with Crippen LogP contribution < -0.4 is 4.74 Å². The summed E-state index contributed by atoms with van der Waals surface area (Å²) in [5.41, 5.74) is 0.973. The molecule has 1 heterocycles. The number of benzene rings is 1. The second-order valence-corrected chi connectivity index (χ2v) is 7.71. The SMILES string of the molecule is CCN(CC)C(=O)C(Sc1nnc(OC(C)C)s1)c1ccccc1. The van der Waals surface area contributed by atoms with E-state index in [-0.39, 0.29) is 17.3 Å². The predicted octanol–water partition coefficient (Wildman–Crippen LogP) is 4.03. The van der Waals surface area contributed by atoms with Gasteiger partial charge in [-0.05, 0) is 44.6 Å². The van der Waals surface area contributed by atoms with Gasteiger partial charge in [0.2, 0.25) is 5.91 Å². The molecule has 0 fully saturated rings. The minimum absolute atomic E-state index is 0.0537. The number of likely N-dealkylation sites (N-methyl/N-ethyl adjacent to an activating group) is 1. The highest BCUT2D eigenvalue weighted by molar-refractivity contribution is 8.01. The molecule has 1 atom stereocenters. The maximum absolute atomic E-state index is 12.9. The third-order valence-electron chi connectivity index (χ3n) is 3.34. The van der Waals surface area contributed by atoms with Crippen molar-refractivity contribution < 1.29 is 9.53 Å². The van der Waals surface area contributed by atoms with Crippen LogP contribution in [0.4, 0.5) is 0 Å². The number of carbonyl (C=O) groups is 1. The first-order chi connectivity index (χ1) is 11.5. The highest BCUT2D eigenvalue weighted by Crippen LogP contribution is 2.39. The first-order valence-electron chi connectivity index (χ1n) is 8.05. The van der Waals surface area contributed by atoms with Crippen molar-refractivity contribution >= 4 is 29.0 Å². The van der Waals surface area contributed by atoms with E-state index in [2.05, 4.69) is 10.2 Å². The maximum atomic E-state index is 12.9. The van der Waals surface area contributed by atoms with Gasteiger partial charge in [0.25, 0.3) is 5.19 Å². The van der Waals surface area contributed by atoms with Crippen molar-refractivity contribution in [3.63, 3.8) is 0 Å². The summed E-state index contributed by atoms with van der Waals surface area (Å²) >= 11 is 2.81. The van der Waals surface area contributed by atoms with Crippen LogP contribution in [0.5, 0.6) is 5.19 Å². The number of aromatic nitrogens is 2. The van der Waals surface area contributed by atoms with Gasteiger partial charge >= 0.3 is 0 Å². The van der Waals surface area contributed by atoms with Gasteiger partial charge in [0.05, 0.1) is 6.10 Å². The number of carbonyl (C=O) groups excluding carboxylic acids is 1. The molecule has 0 aliphatic carbocycles. The Kier molecular flexibility index (Phi) is 7.05. The molecule has 24 heavy (non-hydrogen) atoms. The summed E-state index contributed by atoms with van der Waals surface area (Å²) < 4.78 is 6.30. The van der Waals surface area contributed by atoms with Crippen molar-refractivity contribution in [3.8, 4) is 5.19 Å². The van der Waals surface area contributed by atoms with Gasteiger partial charge in [-0.25, -0.2) is 0 Å². The number of thioether (sulfide) groups is 1. The minimum atomic E-state index is -0.328. The highest BCUT2D eigenvalue weighted by atomic mass is 32.2. The van der Waals surface area contributed by atoms with E-state index in [0.717, 1.165) is 9.90 Å². The summed E-state index contributed by atoms with van der Waals surface area (Å²) in [7, 11) is 0. The van der Waals surface area contributed by atoms with Gasteiger partial charge in [0, 0.05) is 13.1 Å². The van der Waals surface area contributed by atoms with E-state index in [1.54, 1.807) is 0 Å². The average molecular weight is 366 g/mol. The van der Waals surface area contributed by atoms with Crippen molar-refractivity contribution in [2.45, 2.75) is 43.4 Å². The van der Waals surface area contributed by atoms with E-state index in [1.165, 1.54) is 23.1 Å². The van der Waals surface area contributed by atoms with Crippen LogP contribution in [0.15, 0.2) is 34.7 Å². The van der Waals surface area contributed by atoms with E-state index in [4.69, 9.17) is 4.74 Å². The molecule has 0 radical (unpaired) electrons. The normalized spacial score (nSPS) is 12.2. The fraction of sp³-hybridized carbons (Fsp3) is 0.471. The lowest BCUT2D eigenvalue weighted by atomic mass is 10.1. The van der Waals surface area contributed by atoms with Crippen molar-refractivity contribution in [1.29, 1.82) is 0 Å². The van der Waals surface area contributed by atoms with Crippen LogP contribution in [0.3, 0.4) is 0 Å². The Morgan fingerprint density at radius 2 is 1.88 bits per heavy atom. The third kappa shape index (κ3) is 4.95. The molecule has 2 aromatic rings. The van der Waals surface area contributed by atoms with Crippen LogP contribution >= 0.6 is 23.1 Å². The fourth-order valence-corrected chi connectivity index (χ4v) is 4.27. The van der Waals surface area contributed by atoms with Gasteiger partial charge in [0.1, 0.15) is 5.25 Å². The van der Waals surface area contributed by atoms with Gasteiger partial charge < -0.3 is 9.64 Å². The smallest absolute Gasteiger partial charge is 0.295 e. The highest BCUT2D eigenvalue weighted by Gasteiger charge is 2.27. The summed E-state index contributed by atoms with van der Waals surface area (Å²) in [6.45, 7) is 9.27. The zero-order valence-electron chi connectivity index (χ0n) is 14.4. The summed E-state index contributed by atoms with van der Waals surface area (Å²) in [5.74, 6) is 0.0951. The number of nitrogens with zero attached hydrogens (tertiary/aromatic N) is 3. The van der Waals surface area contributed by atoms with E-state index >= 15 is 0 Å². The van der Waals surface area contributed by atoms with Crippen LogP contribution in [-0.2, 0) is 4.79 Å². The van der Waals surface area contributed by atoms with Crippen molar-refractivity contribution in [2.75, 3.05) is 13.1 Å². The second-order valence-electron chi connectivity index (χ2n) is 5.42. The van der Waals surface area contributed by atoms with E-state index < -0.39 is 0 Å². The van der Waals surface area contributed by atoms with Gasteiger partial charge in [-0.15, -0.1) is 5.10 Å². The summed E-state index contributed by atoms with van der Waals surface area (Å²) in [6, 6.07) is 9.81. The summed E-state index contributed by atoms with van der Waals surface area (Å²) in [4.78, 5) is 14.8. The van der Waals surface area contributed by atoms with Gasteiger partial charge in [-0.2, -0.15) is 0 Å². The lowest BCUT2D eigenvalue weighted by molar-refractivity contribution is -0.130. The molecule has 1 unspecified atom stereocenters. The lowest BCUT2D eigenvalue weighted by Crippen LogP contribution is -2.33. The van der Waals surface area contributed by atoms with Gasteiger partial charge in [-0.3, -0.25) is 4.79 Å². The van der Waals surface area contributed by atoms with Crippen LogP contribution in [-0.4, -0.2) is 40.2 Å². The molecule has 0 bridgehead atoms. The molecule has 0 aliphatic heterocycles. The topological polar surface area (TPSA) is 55.3 Å². The van der Waals surface area contributed by atoms with Gasteiger partial charge in [-0.1, -0.05) is 47.2 Å². The zero-order chi connectivity index (χ0) is 17.5. The quantitative estimate of drug-likeness (QED) is 0.661. The molecule has 130 valence electrons. The molecule has 1 aromatic heterocycles. The Labute approximate surface area is 151 Å². The molecule has 0 N–H and O–H groups in total. The molecule has 0 spiro atoms. The van der Waals surface area contributed by atoms with Crippen LogP contribution in [0.1, 0.15) is 38.5 Å². The standard InChI is InChI=1S/C17H23N3O2S2/c1-5-20(6-2)15(21)14(13-10-8-7-9-11-13)23-17-19-18-16(24-17)22-12(3)4/h7-12,14H,5-6H2,1-4H3. The van der Waals surface area contributed by atoms with E-state index in [9.17, 15) is 4.79 Å². The largest absolute Gasteiger partial charge is 0.466 e. The Morgan fingerprint density at radius 1 is 1.21 bits per heavy atom. The van der Waals surface area contributed by atoms with Crippen molar-refractivity contribution in [3.05, 3.63) is 35.9 Å². The first-order valence-corrected chi connectivity index (χ1v) is 9.75. The summed E-state index contributed by atoms with van der Waals surface area (Å²) in [6.07, 6.45) is 0.0537. The molecular formula is C17H23N3O2S2. The summed E-state index contributed by atoms with van der Waals surface area (Å²) in [5, 5.41) is 8.42. The number of hydrogen-bond acceptors (Lipinski definition) is 6. The molecule has 5 nitrogen and oxygen atoms in total. The van der Waals surface area contributed by atoms with Crippen LogP contribution in [0.2, 0.25) is 0 Å². The average Bonchev–Trinajstić information content (AvgIpc) is 3.00. The number of amides is 1. The molecule has 7 heteroatoms. The molecule has 0 saturated heterocycles. The zero-order valence-corrected chi connectivity index (χ0v) is 16.1. The first kappa shape index (κ1) is 18.7. The van der Waals surface area contributed by atoms with E-state index in [0.29, 0.717) is 18.3 Å². The number of rotatable bonds is 8. The molecule has 0 aliphatic rings.